The van der Waals surface area contributed by atoms with Gasteiger partial charge in [-0.05, 0) is 31.2 Å². The summed E-state index contributed by atoms with van der Waals surface area (Å²) in [6, 6.07) is 4.94. The van der Waals surface area contributed by atoms with Crippen molar-refractivity contribution in [2.45, 2.75) is 38.8 Å². The minimum atomic E-state index is 0.358. The summed E-state index contributed by atoms with van der Waals surface area (Å²) in [6.45, 7) is 4.41. The summed E-state index contributed by atoms with van der Waals surface area (Å²) in [7, 11) is 0. The van der Waals surface area contributed by atoms with Crippen LogP contribution in [0, 0.1) is 0 Å². The van der Waals surface area contributed by atoms with Crippen molar-refractivity contribution in [3.63, 3.8) is 0 Å². The molecule has 0 aliphatic heterocycles. The van der Waals surface area contributed by atoms with Gasteiger partial charge in [0.2, 0.25) is 0 Å². The van der Waals surface area contributed by atoms with E-state index in [0.717, 1.165) is 24.4 Å². The predicted octanol–water partition coefficient (Wildman–Crippen LogP) is 3.46. The van der Waals surface area contributed by atoms with Gasteiger partial charge in [0.15, 0.2) is 0 Å². The molecule has 3 heteroatoms. The van der Waals surface area contributed by atoms with E-state index in [1.54, 1.807) is 6.26 Å². The third-order valence-corrected chi connectivity index (χ3v) is 3.33. The standard InChI is InChI=1S/C12H21NOS/c1-4-10(9-15-3)13-11(5-2)12-7-6-8-14-12/h6-8,10-11,13H,4-5,9H2,1-3H3. The largest absolute Gasteiger partial charge is 0.468 e. The van der Waals surface area contributed by atoms with Crippen LogP contribution in [0.5, 0.6) is 0 Å². The first kappa shape index (κ1) is 12.7. The maximum atomic E-state index is 5.44. The van der Waals surface area contributed by atoms with Crippen LogP contribution in [0.1, 0.15) is 38.5 Å². The van der Waals surface area contributed by atoms with Gasteiger partial charge in [0.05, 0.1) is 12.3 Å². The fourth-order valence-electron chi connectivity index (χ4n) is 1.66. The van der Waals surface area contributed by atoms with E-state index >= 15 is 0 Å². The second kappa shape index (κ2) is 6.96. The molecule has 0 saturated heterocycles. The van der Waals surface area contributed by atoms with Gasteiger partial charge in [-0.15, -0.1) is 0 Å². The van der Waals surface area contributed by atoms with E-state index < -0.39 is 0 Å². The normalized spacial score (nSPS) is 15.1. The smallest absolute Gasteiger partial charge is 0.120 e. The molecule has 0 aliphatic carbocycles. The third kappa shape index (κ3) is 3.92. The Morgan fingerprint density at radius 3 is 2.67 bits per heavy atom. The maximum Gasteiger partial charge on any atom is 0.120 e. The minimum Gasteiger partial charge on any atom is -0.468 e. The van der Waals surface area contributed by atoms with Crippen molar-refractivity contribution in [3.05, 3.63) is 24.2 Å². The quantitative estimate of drug-likeness (QED) is 0.772. The van der Waals surface area contributed by atoms with Crippen molar-refractivity contribution in [1.29, 1.82) is 0 Å². The Morgan fingerprint density at radius 1 is 1.40 bits per heavy atom. The lowest BCUT2D eigenvalue weighted by atomic mass is 10.1. The molecule has 1 rings (SSSR count). The fraction of sp³-hybridized carbons (Fsp3) is 0.667. The number of nitrogens with one attached hydrogen (secondary N) is 1. The highest BCUT2D eigenvalue weighted by Crippen LogP contribution is 2.18. The molecule has 1 N–H and O–H groups in total. The molecule has 86 valence electrons. The van der Waals surface area contributed by atoms with Crippen LogP contribution in [0.3, 0.4) is 0 Å². The highest BCUT2D eigenvalue weighted by Gasteiger charge is 2.15. The lowest BCUT2D eigenvalue weighted by Gasteiger charge is -2.22. The summed E-state index contributed by atoms with van der Waals surface area (Å²) in [5.74, 6) is 2.21. The van der Waals surface area contributed by atoms with E-state index in [2.05, 4.69) is 25.4 Å². The van der Waals surface area contributed by atoms with Crippen LogP contribution in [0.25, 0.3) is 0 Å². The first-order chi connectivity index (χ1) is 7.31. The fourth-order valence-corrected chi connectivity index (χ4v) is 2.39. The molecule has 15 heavy (non-hydrogen) atoms. The zero-order valence-corrected chi connectivity index (χ0v) is 10.6. The van der Waals surface area contributed by atoms with Gasteiger partial charge >= 0.3 is 0 Å². The van der Waals surface area contributed by atoms with Crippen molar-refractivity contribution >= 4 is 11.8 Å². The summed E-state index contributed by atoms with van der Waals surface area (Å²) >= 11 is 1.89. The lowest BCUT2D eigenvalue weighted by molar-refractivity contribution is 0.371. The van der Waals surface area contributed by atoms with Crippen LogP contribution in [0.4, 0.5) is 0 Å². The van der Waals surface area contributed by atoms with Crippen molar-refractivity contribution in [1.82, 2.24) is 5.32 Å². The first-order valence-corrected chi connectivity index (χ1v) is 6.99. The number of rotatable bonds is 7. The van der Waals surface area contributed by atoms with E-state index in [9.17, 15) is 0 Å². The maximum absolute atomic E-state index is 5.44. The Hall–Kier alpha value is -0.410. The Balaban J connectivity index is 2.52. The molecule has 1 aromatic heterocycles. The molecule has 0 amide bonds. The van der Waals surface area contributed by atoms with Gasteiger partial charge in [0.25, 0.3) is 0 Å². The predicted molar refractivity (Wildman–Crippen MR) is 67.3 cm³/mol. The summed E-state index contributed by atoms with van der Waals surface area (Å²) in [5, 5.41) is 3.64. The van der Waals surface area contributed by atoms with Gasteiger partial charge in [0.1, 0.15) is 5.76 Å². The van der Waals surface area contributed by atoms with E-state index in [-0.39, 0.29) is 0 Å². The molecule has 2 nitrogen and oxygen atoms in total. The lowest BCUT2D eigenvalue weighted by Crippen LogP contribution is -2.33. The van der Waals surface area contributed by atoms with Gasteiger partial charge in [-0.25, -0.2) is 0 Å². The molecule has 0 saturated carbocycles. The first-order valence-electron chi connectivity index (χ1n) is 5.60. The Bertz CT molecular complexity index is 248. The average Bonchev–Trinajstić information content (AvgIpc) is 2.77. The molecule has 0 radical (unpaired) electrons. The van der Waals surface area contributed by atoms with Crippen molar-refractivity contribution in [2.75, 3.05) is 12.0 Å². The van der Waals surface area contributed by atoms with Crippen LogP contribution >= 0.6 is 11.8 Å². The molecular formula is C12H21NOS. The van der Waals surface area contributed by atoms with Crippen LogP contribution in [0.15, 0.2) is 22.8 Å². The van der Waals surface area contributed by atoms with Crippen molar-refractivity contribution in [2.24, 2.45) is 0 Å². The third-order valence-electron chi connectivity index (χ3n) is 2.59. The Kier molecular flexibility index (Phi) is 5.88. The van der Waals surface area contributed by atoms with Gasteiger partial charge < -0.3 is 9.73 Å². The molecule has 1 heterocycles. The van der Waals surface area contributed by atoms with Crippen molar-refractivity contribution in [3.8, 4) is 0 Å². The van der Waals surface area contributed by atoms with Crippen LogP contribution in [-0.2, 0) is 0 Å². The van der Waals surface area contributed by atoms with Crippen LogP contribution in [-0.4, -0.2) is 18.1 Å². The highest BCUT2D eigenvalue weighted by atomic mass is 32.2. The Labute approximate surface area is 96.8 Å². The van der Waals surface area contributed by atoms with E-state index in [0.29, 0.717) is 12.1 Å². The van der Waals surface area contributed by atoms with Crippen LogP contribution in [0.2, 0.25) is 0 Å². The molecule has 0 fully saturated rings. The van der Waals surface area contributed by atoms with Gasteiger partial charge in [0, 0.05) is 11.8 Å². The average molecular weight is 227 g/mol. The van der Waals surface area contributed by atoms with E-state index in [1.807, 2.05) is 23.9 Å². The second-order valence-corrected chi connectivity index (χ2v) is 4.61. The summed E-state index contributed by atoms with van der Waals surface area (Å²) < 4.78 is 5.44. The SMILES string of the molecule is CCC(CSC)NC(CC)c1ccco1. The number of hydrogen-bond acceptors (Lipinski definition) is 3. The van der Waals surface area contributed by atoms with Gasteiger partial charge in [-0.1, -0.05) is 13.8 Å². The van der Waals surface area contributed by atoms with Gasteiger partial charge in [-0.3, -0.25) is 0 Å². The Morgan fingerprint density at radius 2 is 2.20 bits per heavy atom. The zero-order valence-electron chi connectivity index (χ0n) is 9.82. The second-order valence-electron chi connectivity index (χ2n) is 3.70. The zero-order chi connectivity index (χ0) is 11.1. The van der Waals surface area contributed by atoms with Crippen molar-refractivity contribution < 1.29 is 4.42 Å². The van der Waals surface area contributed by atoms with Gasteiger partial charge in [-0.2, -0.15) is 11.8 Å². The molecule has 0 aliphatic rings. The summed E-state index contributed by atoms with van der Waals surface area (Å²) in [4.78, 5) is 0. The number of furan rings is 1. The summed E-state index contributed by atoms with van der Waals surface area (Å²) in [5.41, 5.74) is 0. The molecule has 2 unspecified atom stereocenters. The topological polar surface area (TPSA) is 25.2 Å². The molecule has 0 bridgehead atoms. The molecule has 0 spiro atoms. The highest BCUT2D eigenvalue weighted by molar-refractivity contribution is 7.98. The molecular weight excluding hydrogens is 206 g/mol. The summed E-state index contributed by atoms with van der Waals surface area (Å²) in [6.07, 6.45) is 6.13. The molecule has 2 atom stereocenters. The number of thioether (sulfide) groups is 1. The van der Waals surface area contributed by atoms with Crippen LogP contribution < -0.4 is 5.32 Å². The van der Waals surface area contributed by atoms with E-state index in [1.165, 1.54) is 0 Å². The number of hydrogen-bond donors (Lipinski definition) is 1. The van der Waals surface area contributed by atoms with E-state index in [4.69, 9.17) is 4.42 Å². The molecule has 1 aromatic rings. The molecule has 0 aromatic carbocycles. The minimum absolute atomic E-state index is 0.358. The monoisotopic (exact) mass is 227 g/mol.